The number of oxazole rings is 1. The fourth-order valence-corrected chi connectivity index (χ4v) is 2.75. The molecule has 0 amide bonds. The van der Waals surface area contributed by atoms with E-state index in [1.807, 2.05) is 30.3 Å². The number of aryl methyl sites for hydroxylation is 1. The summed E-state index contributed by atoms with van der Waals surface area (Å²) in [4.78, 5) is 16.3. The zero-order valence-corrected chi connectivity index (χ0v) is 14.3. The van der Waals surface area contributed by atoms with Gasteiger partial charge in [-0.2, -0.15) is 0 Å². The van der Waals surface area contributed by atoms with E-state index < -0.39 is 0 Å². The van der Waals surface area contributed by atoms with E-state index in [0.717, 1.165) is 24.1 Å². The van der Waals surface area contributed by atoms with Crippen LogP contribution in [0.25, 0.3) is 11.5 Å². The predicted octanol–water partition coefficient (Wildman–Crippen LogP) is 5.84. The molecular formula is C20H27NO2. The van der Waals surface area contributed by atoms with Crippen molar-refractivity contribution in [3.05, 3.63) is 41.8 Å². The third kappa shape index (κ3) is 5.34. The molecule has 3 nitrogen and oxygen atoms in total. The van der Waals surface area contributed by atoms with Gasteiger partial charge in [0.05, 0.1) is 5.69 Å². The maximum absolute atomic E-state index is 11.8. The topological polar surface area (TPSA) is 43.1 Å². The zero-order chi connectivity index (χ0) is 16.5. The van der Waals surface area contributed by atoms with Gasteiger partial charge in [0, 0.05) is 12.5 Å². The lowest BCUT2D eigenvalue weighted by Crippen LogP contribution is -1.97. The van der Waals surface area contributed by atoms with E-state index in [1.54, 1.807) is 6.92 Å². The first-order valence-corrected chi connectivity index (χ1v) is 8.78. The van der Waals surface area contributed by atoms with Gasteiger partial charge in [0.2, 0.25) is 5.89 Å². The summed E-state index contributed by atoms with van der Waals surface area (Å²) in [5.41, 5.74) is 1.73. The Morgan fingerprint density at radius 2 is 1.65 bits per heavy atom. The average Bonchev–Trinajstić information content (AvgIpc) is 2.99. The first-order chi connectivity index (χ1) is 11.2. The SMILES string of the molecule is CCCCCCCCCc1nc(-c2ccccc2)oc1C(C)=O. The van der Waals surface area contributed by atoms with Gasteiger partial charge in [0.15, 0.2) is 11.5 Å². The first kappa shape index (κ1) is 17.5. The molecule has 0 aliphatic rings. The molecule has 0 atom stereocenters. The molecule has 0 saturated heterocycles. The number of aromatic nitrogens is 1. The number of unbranched alkanes of at least 4 members (excludes halogenated alkanes) is 6. The second-order valence-electron chi connectivity index (χ2n) is 6.09. The molecule has 23 heavy (non-hydrogen) atoms. The highest BCUT2D eigenvalue weighted by molar-refractivity contribution is 5.92. The summed E-state index contributed by atoms with van der Waals surface area (Å²) in [6.45, 7) is 3.78. The van der Waals surface area contributed by atoms with Crippen molar-refractivity contribution in [1.29, 1.82) is 0 Å². The van der Waals surface area contributed by atoms with Crippen LogP contribution in [0.5, 0.6) is 0 Å². The van der Waals surface area contributed by atoms with Crippen molar-refractivity contribution in [1.82, 2.24) is 4.98 Å². The molecule has 1 aromatic heterocycles. The van der Waals surface area contributed by atoms with Gasteiger partial charge >= 0.3 is 0 Å². The summed E-state index contributed by atoms with van der Waals surface area (Å²) in [5.74, 6) is 0.932. The molecule has 0 aliphatic heterocycles. The van der Waals surface area contributed by atoms with Crippen molar-refractivity contribution in [2.45, 2.75) is 65.2 Å². The summed E-state index contributed by atoms with van der Waals surface area (Å²) in [6, 6.07) is 9.75. The molecule has 124 valence electrons. The lowest BCUT2D eigenvalue weighted by Gasteiger charge is -2.00. The van der Waals surface area contributed by atoms with Crippen LogP contribution in [0.2, 0.25) is 0 Å². The van der Waals surface area contributed by atoms with Crippen LogP contribution in [0, 0.1) is 0 Å². The highest BCUT2D eigenvalue weighted by Crippen LogP contribution is 2.23. The molecule has 0 unspecified atom stereocenters. The number of nitrogens with zero attached hydrogens (tertiary/aromatic N) is 1. The van der Waals surface area contributed by atoms with E-state index >= 15 is 0 Å². The Bertz CT molecular complexity index is 601. The maximum Gasteiger partial charge on any atom is 0.227 e. The minimum Gasteiger partial charge on any atom is -0.433 e. The molecule has 1 aromatic carbocycles. The van der Waals surface area contributed by atoms with E-state index in [1.165, 1.54) is 38.5 Å². The fraction of sp³-hybridized carbons (Fsp3) is 0.500. The van der Waals surface area contributed by atoms with Crippen LogP contribution in [0.4, 0.5) is 0 Å². The van der Waals surface area contributed by atoms with E-state index in [9.17, 15) is 4.79 Å². The average molecular weight is 313 g/mol. The predicted molar refractivity (Wildman–Crippen MR) is 93.6 cm³/mol. The summed E-state index contributed by atoms with van der Waals surface area (Å²) in [6.07, 6.45) is 9.58. The van der Waals surface area contributed by atoms with Crippen molar-refractivity contribution in [3.63, 3.8) is 0 Å². The van der Waals surface area contributed by atoms with E-state index in [0.29, 0.717) is 11.7 Å². The molecule has 0 radical (unpaired) electrons. The largest absolute Gasteiger partial charge is 0.433 e. The van der Waals surface area contributed by atoms with Gasteiger partial charge in [-0.3, -0.25) is 4.79 Å². The van der Waals surface area contributed by atoms with Crippen molar-refractivity contribution in [3.8, 4) is 11.5 Å². The highest BCUT2D eigenvalue weighted by atomic mass is 16.4. The van der Waals surface area contributed by atoms with E-state index in [4.69, 9.17) is 4.42 Å². The molecule has 2 aromatic rings. The number of rotatable bonds is 10. The molecule has 0 saturated carbocycles. The molecule has 0 aliphatic carbocycles. The van der Waals surface area contributed by atoms with Gasteiger partial charge in [0.1, 0.15) is 0 Å². The van der Waals surface area contributed by atoms with Gasteiger partial charge in [-0.1, -0.05) is 63.6 Å². The Kier molecular flexibility index (Phi) is 7.05. The standard InChI is InChI=1S/C20H27NO2/c1-3-4-5-6-7-8-12-15-18-19(16(2)22)23-20(21-18)17-13-10-9-11-14-17/h9-11,13-14H,3-8,12,15H2,1-2H3. The second-order valence-corrected chi connectivity index (χ2v) is 6.09. The number of hydrogen-bond donors (Lipinski definition) is 0. The molecule has 0 bridgehead atoms. The fourth-order valence-electron chi connectivity index (χ4n) is 2.75. The molecular weight excluding hydrogens is 286 g/mol. The summed E-state index contributed by atoms with van der Waals surface area (Å²) in [5, 5.41) is 0. The van der Waals surface area contributed by atoms with Gasteiger partial charge < -0.3 is 4.42 Å². The highest BCUT2D eigenvalue weighted by Gasteiger charge is 2.17. The first-order valence-electron chi connectivity index (χ1n) is 8.78. The Morgan fingerprint density at radius 1 is 1.00 bits per heavy atom. The van der Waals surface area contributed by atoms with Crippen molar-refractivity contribution in [2.75, 3.05) is 0 Å². The Balaban J connectivity index is 1.93. The summed E-state index contributed by atoms with van der Waals surface area (Å²) < 4.78 is 5.71. The third-order valence-electron chi connectivity index (χ3n) is 4.05. The normalized spacial score (nSPS) is 10.9. The smallest absolute Gasteiger partial charge is 0.227 e. The molecule has 0 N–H and O–H groups in total. The van der Waals surface area contributed by atoms with Gasteiger partial charge in [-0.15, -0.1) is 0 Å². The summed E-state index contributed by atoms with van der Waals surface area (Å²) in [7, 11) is 0. The number of Topliss-reactive ketones (excluding diaryl/α,β-unsaturated/α-hetero) is 1. The van der Waals surface area contributed by atoms with Crippen LogP contribution < -0.4 is 0 Å². The number of ketones is 1. The molecule has 1 heterocycles. The van der Waals surface area contributed by atoms with Crippen LogP contribution >= 0.6 is 0 Å². The van der Waals surface area contributed by atoms with Gasteiger partial charge in [-0.25, -0.2) is 4.98 Å². The Hall–Kier alpha value is -1.90. The van der Waals surface area contributed by atoms with Crippen LogP contribution in [-0.2, 0) is 6.42 Å². The van der Waals surface area contributed by atoms with Crippen LogP contribution in [0.1, 0.15) is 75.0 Å². The van der Waals surface area contributed by atoms with E-state index in [-0.39, 0.29) is 5.78 Å². The molecule has 2 rings (SSSR count). The lowest BCUT2D eigenvalue weighted by atomic mass is 10.1. The monoisotopic (exact) mass is 313 g/mol. The maximum atomic E-state index is 11.8. The minimum atomic E-state index is -0.0439. The third-order valence-corrected chi connectivity index (χ3v) is 4.05. The Labute approximate surface area is 139 Å². The lowest BCUT2D eigenvalue weighted by molar-refractivity contribution is 0.0986. The van der Waals surface area contributed by atoms with Gasteiger partial charge in [-0.05, 0) is 25.0 Å². The number of carbonyl (C=O) groups is 1. The Morgan fingerprint density at radius 3 is 2.30 bits per heavy atom. The molecule has 0 fully saturated rings. The van der Waals surface area contributed by atoms with E-state index in [2.05, 4.69) is 11.9 Å². The number of benzene rings is 1. The van der Waals surface area contributed by atoms with Crippen LogP contribution in [0.15, 0.2) is 34.7 Å². The van der Waals surface area contributed by atoms with Crippen LogP contribution in [0.3, 0.4) is 0 Å². The second kappa shape index (κ2) is 9.29. The zero-order valence-electron chi connectivity index (χ0n) is 14.3. The van der Waals surface area contributed by atoms with Crippen molar-refractivity contribution < 1.29 is 9.21 Å². The quantitative estimate of drug-likeness (QED) is 0.409. The minimum absolute atomic E-state index is 0.0439. The summed E-state index contributed by atoms with van der Waals surface area (Å²) >= 11 is 0. The number of hydrogen-bond acceptors (Lipinski definition) is 3. The van der Waals surface area contributed by atoms with Crippen LogP contribution in [-0.4, -0.2) is 10.8 Å². The van der Waals surface area contributed by atoms with Crippen molar-refractivity contribution >= 4 is 5.78 Å². The van der Waals surface area contributed by atoms with Crippen molar-refractivity contribution in [2.24, 2.45) is 0 Å². The molecule has 3 heteroatoms. The molecule has 0 spiro atoms. The van der Waals surface area contributed by atoms with Gasteiger partial charge in [0.25, 0.3) is 0 Å². The number of carbonyl (C=O) groups excluding carboxylic acids is 1.